The van der Waals surface area contributed by atoms with Crippen LogP contribution in [0.4, 0.5) is 0 Å². The van der Waals surface area contributed by atoms with Crippen LogP contribution in [0.2, 0.25) is 0 Å². The number of carbonyl (C=O) groups excluding carboxylic acids is 1. The summed E-state index contributed by atoms with van der Waals surface area (Å²) in [6.45, 7) is 8.27. The largest absolute Gasteiger partial charge is 0.359 e. The van der Waals surface area contributed by atoms with Gasteiger partial charge in [-0.05, 0) is 37.0 Å². The van der Waals surface area contributed by atoms with Crippen molar-refractivity contribution in [1.82, 2.24) is 21.1 Å². The molecule has 0 fully saturated rings. The van der Waals surface area contributed by atoms with Crippen molar-refractivity contribution in [3.63, 3.8) is 0 Å². The zero-order chi connectivity index (χ0) is 21.8. The number of guanidine groups is 1. The molecule has 7 heteroatoms. The van der Waals surface area contributed by atoms with Crippen LogP contribution in [0.15, 0.2) is 39.8 Å². The molecule has 0 unspecified atom stereocenters. The number of rotatable bonds is 11. The Morgan fingerprint density at radius 1 is 1.07 bits per heavy atom. The third-order valence-electron chi connectivity index (χ3n) is 5.13. The zero-order valence-corrected chi connectivity index (χ0v) is 18.6. The Hall–Kier alpha value is -2.83. The zero-order valence-electron chi connectivity index (χ0n) is 18.6. The number of nitrogens with one attached hydrogen (secondary N) is 3. The van der Waals surface area contributed by atoms with Gasteiger partial charge in [-0.2, -0.15) is 0 Å². The van der Waals surface area contributed by atoms with E-state index in [2.05, 4.69) is 46.9 Å². The van der Waals surface area contributed by atoms with E-state index in [-0.39, 0.29) is 5.91 Å². The lowest BCUT2D eigenvalue weighted by Crippen LogP contribution is -2.36. The van der Waals surface area contributed by atoms with E-state index in [1.54, 1.807) is 7.05 Å². The standard InChI is InChI=1S/C23H35N5O2/c1-5-8-13-25-22(29)19-11-9-17(10-12-19)15-26-23(24-4)27-16-20-14-21(28-30-20)18(6-2)7-3/h9-12,14,18H,5-8,13,15-16H2,1-4H3,(H,25,29)(H2,24,26,27). The average molecular weight is 414 g/mol. The summed E-state index contributed by atoms with van der Waals surface area (Å²) >= 11 is 0. The average Bonchev–Trinajstić information content (AvgIpc) is 3.24. The van der Waals surface area contributed by atoms with E-state index < -0.39 is 0 Å². The van der Waals surface area contributed by atoms with Gasteiger partial charge >= 0.3 is 0 Å². The van der Waals surface area contributed by atoms with Crippen molar-refractivity contribution in [1.29, 1.82) is 0 Å². The fourth-order valence-corrected chi connectivity index (χ4v) is 3.14. The van der Waals surface area contributed by atoms with Crippen LogP contribution >= 0.6 is 0 Å². The number of nitrogens with zero attached hydrogens (tertiary/aromatic N) is 2. The van der Waals surface area contributed by atoms with Gasteiger partial charge in [0.1, 0.15) is 0 Å². The van der Waals surface area contributed by atoms with Crippen LogP contribution in [0.1, 0.15) is 79.7 Å². The first-order chi connectivity index (χ1) is 14.6. The maximum absolute atomic E-state index is 12.1. The van der Waals surface area contributed by atoms with E-state index >= 15 is 0 Å². The van der Waals surface area contributed by atoms with Gasteiger partial charge < -0.3 is 20.5 Å². The van der Waals surface area contributed by atoms with E-state index in [1.807, 2.05) is 30.3 Å². The van der Waals surface area contributed by atoms with Gasteiger partial charge in [0.25, 0.3) is 5.91 Å². The number of amides is 1. The summed E-state index contributed by atoms with van der Waals surface area (Å²) in [5, 5.41) is 13.6. The van der Waals surface area contributed by atoms with Gasteiger partial charge in [0.15, 0.2) is 11.7 Å². The third-order valence-corrected chi connectivity index (χ3v) is 5.13. The lowest BCUT2D eigenvalue weighted by Gasteiger charge is -2.11. The molecule has 1 amide bonds. The molecule has 1 aromatic heterocycles. The van der Waals surface area contributed by atoms with Gasteiger partial charge in [0.05, 0.1) is 12.2 Å². The highest BCUT2D eigenvalue weighted by atomic mass is 16.5. The third kappa shape index (κ3) is 7.21. The van der Waals surface area contributed by atoms with E-state index in [0.29, 0.717) is 37.1 Å². The molecular formula is C23H35N5O2. The lowest BCUT2D eigenvalue weighted by atomic mass is 9.99. The molecule has 30 heavy (non-hydrogen) atoms. The highest BCUT2D eigenvalue weighted by molar-refractivity contribution is 5.94. The summed E-state index contributed by atoms with van der Waals surface area (Å²) in [4.78, 5) is 16.3. The highest BCUT2D eigenvalue weighted by Gasteiger charge is 2.13. The van der Waals surface area contributed by atoms with Crippen molar-refractivity contribution in [3.8, 4) is 0 Å². The Kier molecular flexibility index (Phi) is 9.91. The Morgan fingerprint density at radius 3 is 2.40 bits per heavy atom. The first kappa shape index (κ1) is 23.4. The van der Waals surface area contributed by atoms with Crippen LogP contribution in [0.5, 0.6) is 0 Å². The molecule has 0 atom stereocenters. The molecule has 0 radical (unpaired) electrons. The molecule has 3 N–H and O–H groups in total. The molecule has 0 bridgehead atoms. The molecule has 0 aliphatic rings. The fourth-order valence-electron chi connectivity index (χ4n) is 3.14. The van der Waals surface area contributed by atoms with Crippen molar-refractivity contribution < 1.29 is 9.32 Å². The van der Waals surface area contributed by atoms with Gasteiger partial charge in [-0.25, -0.2) is 0 Å². The molecule has 0 aliphatic heterocycles. The van der Waals surface area contributed by atoms with Crippen molar-refractivity contribution in [2.24, 2.45) is 4.99 Å². The molecule has 7 nitrogen and oxygen atoms in total. The second kappa shape index (κ2) is 12.7. The molecule has 1 heterocycles. The first-order valence-electron chi connectivity index (χ1n) is 10.9. The monoisotopic (exact) mass is 413 g/mol. The topological polar surface area (TPSA) is 91.5 Å². The van der Waals surface area contributed by atoms with E-state index in [9.17, 15) is 4.79 Å². The molecular weight excluding hydrogens is 378 g/mol. The van der Waals surface area contributed by atoms with Crippen molar-refractivity contribution in [3.05, 3.63) is 52.9 Å². The molecule has 1 aromatic carbocycles. The minimum Gasteiger partial charge on any atom is -0.359 e. The summed E-state index contributed by atoms with van der Waals surface area (Å²) < 4.78 is 5.44. The quantitative estimate of drug-likeness (QED) is 0.294. The molecule has 2 aromatic rings. The van der Waals surface area contributed by atoms with Gasteiger partial charge in [-0.3, -0.25) is 9.79 Å². The summed E-state index contributed by atoms with van der Waals surface area (Å²) in [5.41, 5.74) is 2.76. The number of aliphatic imine (C=N–C) groups is 1. The second-order valence-electron chi connectivity index (χ2n) is 7.32. The summed E-state index contributed by atoms with van der Waals surface area (Å²) in [7, 11) is 1.73. The van der Waals surface area contributed by atoms with E-state index in [1.165, 1.54) is 0 Å². The smallest absolute Gasteiger partial charge is 0.251 e. The Balaban J connectivity index is 1.80. The van der Waals surface area contributed by atoms with Crippen LogP contribution in [0, 0.1) is 0 Å². The maximum Gasteiger partial charge on any atom is 0.251 e. The first-order valence-corrected chi connectivity index (χ1v) is 10.9. The number of unbranched alkanes of at least 4 members (excludes halogenated alkanes) is 1. The van der Waals surface area contributed by atoms with Crippen LogP contribution < -0.4 is 16.0 Å². The van der Waals surface area contributed by atoms with Crippen LogP contribution in [-0.4, -0.2) is 30.6 Å². The number of carbonyl (C=O) groups is 1. The van der Waals surface area contributed by atoms with Crippen LogP contribution in [0.3, 0.4) is 0 Å². The van der Waals surface area contributed by atoms with E-state index in [0.717, 1.165) is 42.7 Å². The van der Waals surface area contributed by atoms with Gasteiger partial charge in [-0.1, -0.05) is 44.5 Å². The second-order valence-corrected chi connectivity index (χ2v) is 7.32. The molecule has 0 saturated carbocycles. The Labute approximate surface area is 179 Å². The predicted octanol–water partition coefficient (Wildman–Crippen LogP) is 3.97. The number of hydrogen-bond acceptors (Lipinski definition) is 4. The van der Waals surface area contributed by atoms with Crippen LogP contribution in [0.25, 0.3) is 0 Å². The SMILES string of the molecule is CCCCNC(=O)c1ccc(CNC(=NC)NCc2cc(C(CC)CC)no2)cc1. The van der Waals surface area contributed by atoms with Gasteiger partial charge in [-0.15, -0.1) is 0 Å². The summed E-state index contributed by atoms with van der Waals surface area (Å²) in [5.74, 6) is 1.88. The molecule has 2 rings (SSSR count). The molecule has 0 aliphatic carbocycles. The Bertz CT molecular complexity index is 794. The molecule has 164 valence electrons. The Morgan fingerprint density at radius 2 is 1.77 bits per heavy atom. The summed E-state index contributed by atoms with van der Waals surface area (Å²) in [6.07, 6.45) is 4.17. The van der Waals surface area contributed by atoms with Gasteiger partial charge in [0.2, 0.25) is 0 Å². The molecule has 0 spiro atoms. The predicted molar refractivity (Wildman–Crippen MR) is 121 cm³/mol. The fraction of sp³-hybridized carbons (Fsp3) is 0.522. The number of hydrogen-bond donors (Lipinski definition) is 3. The number of benzene rings is 1. The van der Waals surface area contributed by atoms with E-state index in [4.69, 9.17) is 4.52 Å². The maximum atomic E-state index is 12.1. The lowest BCUT2D eigenvalue weighted by molar-refractivity contribution is 0.0953. The normalized spacial score (nSPS) is 11.6. The van der Waals surface area contributed by atoms with Crippen molar-refractivity contribution in [2.45, 2.75) is 65.5 Å². The van der Waals surface area contributed by atoms with Crippen molar-refractivity contribution in [2.75, 3.05) is 13.6 Å². The minimum absolute atomic E-state index is 0.0275. The van der Waals surface area contributed by atoms with Crippen LogP contribution in [-0.2, 0) is 13.1 Å². The number of aromatic nitrogens is 1. The van der Waals surface area contributed by atoms with Gasteiger partial charge in [0, 0.05) is 37.7 Å². The summed E-state index contributed by atoms with van der Waals surface area (Å²) in [6, 6.07) is 9.62. The van der Waals surface area contributed by atoms with Crippen molar-refractivity contribution >= 4 is 11.9 Å². The molecule has 0 saturated heterocycles. The minimum atomic E-state index is -0.0275. The highest BCUT2D eigenvalue weighted by Crippen LogP contribution is 2.22.